The number of benzene rings is 1. The zero-order valence-corrected chi connectivity index (χ0v) is 14.4. The smallest absolute Gasteiger partial charge is 0.351 e. The van der Waals surface area contributed by atoms with E-state index in [9.17, 15) is 14.4 Å². The molecular formula is C16H11ClN2O5S. The van der Waals surface area contributed by atoms with E-state index in [1.54, 1.807) is 24.3 Å². The predicted molar refractivity (Wildman–Crippen MR) is 96.2 cm³/mol. The Morgan fingerprint density at radius 2 is 2.00 bits per heavy atom. The van der Waals surface area contributed by atoms with Crippen molar-refractivity contribution < 1.29 is 19.1 Å². The van der Waals surface area contributed by atoms with Gasteiger partial charge in [-0.3, -0.25) is 4.90 Å². The molecule has 0 spiro atoms. The second-order valence-electron chi connectivity index (χ2n) is 5.03. The number of nitrogens with zero attached hydrogens (tertiary/aromatic N) is 1. The van der Waals surface area contributed by atoms with E-state index in [0.29, 0.717) is 20.4 Å². The molecule has 9 heteroatoms. The molecule has 0 bridgehead atoms. The Kier molecular flexibility index (Phi) is 4.47. The van der Waals surface area contributed by atoms with E-state index >= 15 is 0 Å². The third-order valence-corrected chi connectivity index (χ3v) is 4.86. The molecule has 128 valence electrons. The zero-order chi connectivity index (χ0) is 18.1. The minimum Gasteiger partial charge on any atom is -0.477 e. The first-order valence-electron chi connectivity index (χ1n) is 6.97. The summed E-state index contributed by atoms with van der Waals surface area (Å²) in [5.74, 6) is -1.37. The highest BCUT2D eigenvalue weighted by atomic mass is 35.5. The minimum absolute atomic E-state index is 0.215. The van der Waals surface area contributed by atoms with Crippen molar-refractivity contribution in [3.05, 3.63) is 57.4 Å². The van der Waals surface area contributed by atoms with Gasteiger partial charge in [0.05, 0.1) is 15.4 Å². The lowest BCUT2D eigenvalue weighted by atomic mass is 10.3. The molecule has 0 saturated heterocycles. The molecule has 0 unspecified atom stereocenters. The van der Waals surface area contributed by atoms with Crippen LogP contribution in [0.3, 0.4) is 0 Å². The standard InChI is InChI=1S/C16H11ClN2O5S/c1-19(16(23)18-10-5-3-2-4-9(10)17)13-7-11-12(25-13)6-8(14(20)21)15(22)24-11/h2-7H,1H3,(H,18,23)(H,20,21). The normalized spacial score (nSPS) is 10.6. The maximum Gasteiger partial charge on any atom is 0.351 e. The Bertz CT molecular complexity index is 1040. The Balaban J connectivity index is 1.90. The summed E-state index contributed by atoms with van der Waals surface area (Å²) in [7, 11) is 1.53. The van der Waals surface area contributed by atoms with Crippen LogP contribution in [0.1, 0.15) is 10.4 Å². The average molecular weight is 379 g/mol. The molecule has 2 aromatic heterocycles. The summed E-state index contributed by atoms with van der Waals surface area (Å²) in [6, 6.07) is 9.09. The van der Waals surface area contributed by atoms with Crippen molar-refractivity contribution in [3.63, 3.8) is 0 Å². The van der Waals surface area contributed by atoms with E-state index in [2.05, 4.69) is 5.32 Å². The van der Waals surface area contributed by atoms with Gasteiger partial charge in [-0.15, -0.1) is 11.3 Å². The molecule has 0 aliphatic carbocycles. The molecule has 2 N–H and O–H groups in total. The number of carboxylic acids is 1. The number of aromatic carboxylic acids is 1. The molecule has 0 aliphatic heterocycles. The maximum atomic E-state index is 12.4. The highest BCUT2D eigenvalue weighted by molar-refractivity contribution is 7.22. The first kappa shape index (κ1) is 17.0. The van der Waals surface area contributed by atoms with Crippen molar-refractivity contribution in [1.82, 2.24) is 0 Å². The Morgan fingerprint density at radius 3 is 2.68 bits per heavy atom. The monoisotopic (exact) mass is 378 g/mol. The number of carbonyl (C=O) groups excluding carboxylic acids is 1. The van der Waals surface area contributed by atoms with Gasteiger partial charge in [0.2, 0.25) is 0 Å². The molecule has 2 amide bonds. The van der Waals surface area contributed by atoms with Gasteiger partial charge in [0.15, 0.2) is 5.58 Å². The first-order valence-corrected chi connectivity index (χ1v) is 8.16. The van der Waals surface area contributed by atoms with Gasteiger partial charge in [-0.1, -0.05) is 23.7 Å². The molecular weight excluding hydrogens is 368 g/mol. The van der Waals surface area contributed by atoms with Crippen LogP contribution in [0.5, 0.6) is 0 Å². The summed E-state index contributed by atoms with van der Waals surface area (Å²) < 4.78 is 5.45. The number of carbonyl (C=O) groups is 2. The van der Waals surface area contributed by atoms with Gasteiger partial charge in [0.25, 0.3) is 0 Å². The Hall–Kier alpha value is -2.84. The van der Waals surface area contributed by atoms with Gasteiger partial charge in [-0.05, 0) is 18.2 Å². The number of fused-ring (bicyclic) bond motifs is 1. The SMILES string of the molecule is CN(C(=O)Nc1ccccc1Cl)c1cc2oc(=O)c(C(=O)O)cc2s1. The van der Waals surface area contributed by atoms with E-state index in [1.165, 1.54) is 24.1 Å². The number of anilines is 2. The zero-order valence-electron chi connectivity index (χ0n) is 12.8. The van der Waals surface area contributed by atoms with Crippen LogP contribution < -0.4 is 15.8 Å². The van der Waals surface area contributed by atoms with E-state index in [1.807, 2.05) is 0 Å². The van der Waals surface area contributed by atoms with Gasteiger partial charge in [-0.2, -0.15) is 0 Å². The predicted octanol–water partition coefficient (Wildman–Crippen LogP) is 3.87. The van der Waals surface area contributed by atoms with Crippen molar-refractivity contribution in [2.24, 2.45) is 0 Å². The quantitative estimate of drug-likeness (QED) is 0.720. The van der Waals surface area contributed by atoms with Crippen LogP contribution in [-0.2, 0) is 0 Å². The molecule has 0 saturated carbocycles. The van der Waals surface area contributed by atoms with Crippen LogP contribution in [0.4, 0.5) is 15.5 Å². The number of hydrogen-bond donors (Lipinski definition) is 2. The lowest BCUT2D eigenvalue weighted by Gasteiger charge is -2.16. The van der Waals surface area contributed by atoms with Crippen molar-refractivity contribution in [3.8, 4) is 0 Å². The lowest BCUT2D eigenvalue weighted by molar-refractivity contribution is 0.0692. The fourth-order valence-corrected chi connectivity index (χ4v) is 3.25. The van der Waals surface area contributed by atoms with E-state index in [0.717, 1.165) is 11.3 Å². The number of urea groups is 1. The molecule has 0 atom stereocenters. The van der Waals surface area contributed by atoms with E-state index in [-0.39, 0.29) is 5.58 Å². The Morgan fingerprint density at radius 1 is 1.28 bits per heavy atom. The molecule has 0 fully saturated rings. The number of rotatable bonds is 3. The van der Waals surface area contributed by atoms with Crippen LogP contribution in [0, 0.1) is 0 Å². The van der Waals surface area contributed by atoms with E-state index in [4.69, 9.17) is 21.1 Å². The molecule has 1 aromatic carbocycles. The molecule has 7 nitrogen and oxygen atoms in total. The third-order valence-electron chi connectivity index (χ3n) is 3.39. The number of thiophene rings is 1. The van der Waals surface area contributed by atoms with Crippen LogP contribution in [0.25, 0.3) is 10.3 Å². The van der Waals surface area contributed by atoms with Gasteiger partial charge in [0, 0.05) is 13.1 Å². The number of hydrogen-bond acceptors (Lipinski definition) is 5. The molecule has 2 heterocycles. The highest BCUT2D eigenvalue weighted by Crippen LogP contribution is 2.32. The van der Waals surface area contributed by atoms with Crippen LogP contribution >= 0.6 is 22.9 Å². The third kappa shape index (κ3) is 3.35. The number of nitrogens with one attached hydrogen (secondary N) is 1. The van der Waals surface area contributed by atoms with Gasteiger partial charge in [-0.25, -0.2) is 14.4 Å². The number of halogens is 1. The number of amides is 2. The molecule has 0 aliphatic rings. The maximum absolute atomic E-state index is 12.4. The number of carboxylic acid groups (broad SMARTS) is 1. The average Bonchev–Trinajstić information content (AvgIpc) is 2.97. The summed E-state index contributed by atoms with van der Waals surface area (Å²) in [5, 5.41) is 12.5. The van der Waals surface area contributed by atoms with Crippen LogP contribution in [0.2, 0.25) is 5.02 Å². The van der Waals surface area contributed by atoms with E-state index < -0.39 is 23.2 Å². The van der Waals surface area contributed by atoms with Crippen LogP contribution in [-0.4, -0.2) is 24.2 Å². The van der Waals surface area contributed by atoms with Crippen molar-refractivity contribution in [2.45, 2.75) is 0 Å². The molecule has 25 heavy (non-hydrogen) atoms. The van der Waals surface area contributed by atoms with Crippen molar-refractivity contribution in [2.75, 3.05) is 17.3 Å². The summed E-state index contributed by atoms with van der Waals surface area (Å²) in [5.41, 5.74) is -0.717. The van der Waals surface area contributed by atoms with Crippen molar-refractivity contribution >= 4 is 55.9 Å². The summed E-state index contributed by atoms with van der Waals surface area (Å²) >= 11 is 7.14. The topological polar surface area (TPSA) is 99.9 Å². The fraction of sp³-hybridized carbons (Fsp3) is 0.0625. The number of para-hydroxylation sites is 1. The summed E-state index contributed by atoms with van der Waals surface area (Å²) in [4.78, 5) is 36.3. The fourth-order valence-electron chi connectivity index (χ4n) is 2.08. The van der Waals surface area contributed by atoms with Gasteiger partial charge < -0.3 is 14.8 Å². The van der Waals surface area contributed by atoms with Crippen molar-refractivity contribution in [1.29, 1.82) is 0 Å². The summed E-state index contributed by atoms with van der Waals surface area (Å²) in [6.45, 7) is 0. The largest absolute Gasteiger partial charge is 0.477 e. The molecule has 3 aromatic rings. The minimum atomic E-state index is -1.37. The highest BCUT2D eigenvalue weighted by Gasteiger charge is 2.18. The molecule has 3 rings (SSSR count). The van der Waals surface area contributed by atoms with Gasteiger partial charge >= 0.3 is 17.6 Å². The molecule has 0 radical (unpaired) electrons. The lowest BCUT2D eigenvalue weighted by Crippen LogP contribution is -2.30. The second-order valence-corrected chi connectivity index (χ2v) is 6.50. The first-order chi connectivity index (χ1) is 11.9. The van der Waals surface area contributed by atoms with Crippen LogP contribution in [0.15, 0.2) is 45.6 Å². The summed E-state index contributed by atoms with van der Waals surface area (Å²) in [6.07, 6.45) is 0. The second kappa shape index (κ2) is 6.58. The van der Waals surface area contributed by atoms with Gasteiger partial charge in [0.1, 0.15) is 10.6 Å². The Labute approximate surface area is 150 Å².